The summed E-state index contributed by atoms with van der Waals surface area (Å²) in [4.78, 5) is 21.1. The summed E-state index contributed by atoms with van der Waals surface area (Å²) >= 11 is 0. The van der Waals surface area contributed by atoms with E-state index in [1.54, 1.807) is 17.1 Å². The second-order valence-electron chi connectivity index (χ2n) is 6.35. The Morgan fingerprint density at radius 1 is 1.00 bits per heavy atom. The molecule has 3 aromatic rings. The maximum absolute atomic E-state index is 12.7. The summed E-state index contributed by atoms with van der Waals surface area (Å²) in [5.74, 6) is 0.869. The Bertz CT molecular complexity index is 882. The highest BCUT2D eigenvalue weighted by atomic mass is 16.2. The van der Waals surface area contributed by atoms with E-state index in [2.05, 4.69) is 20.2 Å². The zero-order valence-electron chi connectivity index (χ0n) is 14.6. The van der Waals surface area contributed by atoms with E-state index in [9.17, 15) is 4.79 Å². The van der Waals surface area contributed by atoms with Crippen LogP contribution in [0.4, 0.5) is 5.82 Å². The van der Waals surface area contributed by atoms with Crippen LogP contribution in [0.1, 0.15) is 16.1 Å². The van der Waals surface area contributed by atoms with Crippen molar-refractivity contribution in [3.63, 3.8) is 0 Å². The minimum Gasteiger partial charge on any atom is -0.353 e. The first-order chi connectivity index (χ1) is 12.7. The van der Waals surface area contributed by atoms with Crippen molar-refractivity contribution >= 4 is 11.7 Å². The number of carbonyl (C=O) groups is 1. The van der Waals surface area contributed by atoms with Crippen LogP contribution in [-0.2, 0) is 0 Å². The summed E-state index contributed by atoms with van der Waals surface area (Å²) in [6, 6.07) is 13.8. The monoisotopic (exact) mass is 348 g/mol. The number of aromatic nitrogens is 4. The molecule has 1 saturated heterocycles. The van der Waals surface area contributed by atoms with Gasteiger partial charge in [-0.3, -0.25) is 4.79 Å². The molecule has 0 radical (unpaired) electrons. The molecule has 0 unspecified atom stereocenters. The molecule has 132 valence electrons. The minimum absolute atomic E-state index is 0.0796. The van der Waals surface area contributed by atoms with Crippen LogP contribution in [0.25, 0.3) is 5.69 Å². The van der Waals surface area contributed by atoms with Crippen molar-refractivity contribution < 1.29 is 4.79 Å². The highest BCUT2D eigenvalue weighted by molar-refractivity contribution is 5.92. The Kier molecular flexibility index (Phi) is 4.35. The maximum atomic E-state index is 12.7. The molecule has 3 heterocycles. The van der Waals surface area contributed by atoms with Gasteiger partial charge < -0.3 is 9.80 Å². The first kappa shape index (κ1) is 16.3. The Hall–Kier alpha value is -3.22. The molecule has 0 atom stereocenters. The molecule has 1 aliphatic heterocycles. The number of piperazine rings is 1. The highest BCUT2D eigenvalue weighted by Crippen LogP contribution is 2.14. The SMILES string of the molecule is Cc1ccc(-n2cc(C(=O)N3CCN(c4ccccn4)CC3)nn2)cc1. The number of anilines is 1. The number of hydrogen-bond donors (Lipinski definition) is 0. The summed E-state index contributed by atoms with van der Waals surface area (Å²) in [6.45, 7) is 4.84. The van der Waals surface area contributed by atoms with Gasteiger partial charge in [-0.15, -0.1) is 5.10 Å². The molecule has 1 fully saturated rings. The molecule has 1 aromatic carbocycles. The second-order valence-corrected chi connectivity index (χ2v) is 6.35. The number of nitrogens with zero attached hydrogens (tertiary/aromatic N) is 6. The predicted octanol–water partition coefficient (Wildman–Crippen LogP) is 1.93. The Morgan fingerprint density at radius 2 is 1.77 bits per heavy atom. The molecule has 1 amide bonds. The summed E-state index contributed by atoms with van der Waals surface area (Å²) in [7, 11) is 0. The van der Waals surface area contributed by atoms with Crippen molar-refractivity contribution in [2.24, 2.45) is 0 Å². The van der Waals surface area contributed by atoms with Gasteiger partial charge in [0.2, 0.25) is 0 Å². The third-order valence-corrected chi connectivity index (χ3v) is 4.55. The van der Waals surface area contributed by atoms with Crippen molar-refractivity contribution in [1.82, 2.24) is 24.9 Å². The van der Waals surface area contributed by atoms with E-state index in [0.29, 0.717) is 18.8 Å². The average molecular weight is 348 g/mol. The van der Waals surface area contributed by atoms with Gasteiger partial charge in [0.05, 0.1) is 11.9 Å². The molecule has 0 saturated carbocycles. The minimum atomic E-state index is -0.0796. The lowest BCUT2D eigenvalue weighted by Crippen LogP contribution is -2.49. The van der Waals surface area contributed by atoms with Crippen molar-refractivity contribution in [2.75, 3.05) is 31.1 Å². The average Bonchev–Trinajstić information content (AvgIpc) is 3.19. The molecular weight excluding hydrogens is 328 g/mol. The van der Waals surface area contributed by atoms with Gasteiger partial charge >= 0.3 is 0 Å². The van der Waals surface area contributed by atoms with Crippen LogP contribution in [0.15, 0.2) is 54.9 Å². The van der Waals surface area contributed by atoms with Gasteiger partial charge in [-0.05, 0) is 31.2 Å². The van der Waals surface area contributed by atoms with Crippen LogP contribution >= 0.6 is 0 Å². The van der Waals surface area contributed by atoms with Gasteiger partial charge in [-0.2, -0.15) is 0 Å². The zero-order chi connectivity index (χ0) is 17.9. The molecule has 4 rings (SSSR count). The van der Waals surface area contributed by atoms with Gasteiger partial charge in [0, 0.05) is 32.4 Å². The first-order valence-electron chi connectivity index (χ1n) is 8.65. The lowest BCUT2D eigenvalue weighted by Gasteiger charge is -2.34. The van der Waals surface area contributed by atoms with Crippen molar-refractivity contribution in [3.8, 4) is 5.69 Å². The van der Waals surface area contributed by atoms with Gasteiger partial charge in [-0.25, -0.2) is 9.67 Å². The number of pyridine rings is 1. The first-order valence-corrected chi connectivity index (χ1v) is 8.65. The highest BCUT2D eigenvalue weighted by Gasteiger charge is 2.24. The molecule has 7 nitrogen and oxygen atoms in total. The molecular formula is C19H20N6O. The summed E-state index contributed by atoms with van der Waals surface area (Å²) in [5, 5.41) is 8.16. The van der Waals surface area contributed by atoms with Crippen molar-refractivity contribution in [3.05, 3.63) is 66.1 Å². The smallest absolute Gasteiger partial charge is 0.276 e. The number of hydrogen-bond acceptors (Lipinski definition) is 5. The normalized spacial score (nSPS) is 14.5. The number of aryl methyl sites for hydroxylation is 1. The van der Waals surface area contributed by atoms with Crippen LogP contribution < -0.4 is 4.90 Å². The van der Waals surface area contributed by atoms with E-state index < -0.39 is 0 Å². The largest absolute Gasteiger partial charge is 0.353 e. The Balaban J connectivity index is 1.42. The number of carbonyl (C=O) groups excluding carboxylic acids is 1. The van der Waals surface area contributed by atoms with Crippen molar-refractivity contribution in [2.45, 2.75) is 6.92 Å². The van der Waals surface area contributed by atoms with E-state index >= 15 is 0 Å². The third-order valence-electron chi connectivity index (χ3n) is 4.55. The standard InChI is InChI=1S/C19H20N6O/c1-15-5-7-16(8-6-15)25-14-17(21-22-25)19(26)24-12-10-23(11-13-24)18-4-2-3-9-20-18/h2-9,14H,10-13H2,1H3. The maximum Gasteiger partial charge on any atom is 0.276 e. The Labute approximate surface area is 151 Å². The van der Waals surface area contributed by atoms with E-state index in [1.165, 1.54) is 5.56 Å². The number of amides is 1. The van der Waals surface area contributed by atoms with Crippen LogP contribution in [0.3, 0.4) is 0 Å². The predicted molar refractivity (Wildman–Crippen MR) is 98.4 cm³/mol. The fraction of sp³-hybridized carbons (Fsp3) is 0.263. The molecule has 0 N–H and O–H groups in total. The van der Waals surface area contributed by atoms with Crippen LogP contribution in [0.2, 0.25) is 0 Å². The summed E-state index contributed by atoms with van der Waals surface area (Å²) in [5.41, 5.74) is 2.44. The fourth-order valence-corrected chi connectivity index (χ4v) is 3.03. The quantitative estimate of drug-likeness (QED) is 0.724. The fourth-order valence-electron chi connectivity index (χ4n) is 3.03. The van der Waals surface area contributed by atoms with E-state index in [-0.39, 0.29) is 5.91 Å². The van der Waals surface area contributed by atoms with Gasteiger partial charge in [0.25, 0.3) is 5.91 Å². The third kappa shape index (κ3) is 3.28. The topological polar surface area (TPSA) is 67.2 Å². The second kappa shape index (κ2) is 6.95. The zero-order valence-corrected chi connectivity index (χ0v) is 14.6. The van der Waals surface area contributed by atoms with Crippen LogP contribution in [0.5, 0.6) is 0 Å². The van der Waals surface area contributed by atoms with Gasteiger partial charge in [0.15, 0.2) is 5.69 Å². The van der Waals surface area contributed by atoms with E-state index in [1.807, 2.05) is 54.3 Å². The molecule has 0 spiro atoms. The van der Waals surface area contributed by atoms with Gasteiger partial charge in [-0.1, -0.05) is 29.0 Å². The molecule has 0 aliphatic carbocycles. The molecule has 26 heavy (non-hydrogen) atoms. The van der Waals surface area contributed by atoms with Crippen molar-refractivity contribution in [1.29, 1.82) is 0 Å². The van der Waals surface area contributed by atoms with E-state index in [4.69, 9.17) is 0 Å². The molecule has 1 aliphatic rings. The molecule has 0 bridgehead atoms. The summed E-state index contributed by atoms with van der Waals surface area (Å²) < 4.78 is 1.64. The lowest BCUT2D eigenvalue weighted by atomic mass is 10.2. The molecule has 7 heteroatoms. The Morgan fingerprint density at radius 3 is 2.46 bits per heavy atom. The number of benzene rings is 1. The van der Waals surface area contributed by atoms with Gasteiger partial charge in [0.1, 0.15) is 5.82 Å². The van der Waals surface area contributed by atoms with Crippen LogP contribution in [0, 0.1) is 6.92 Å². The lowest BCUT2D eigenvalue weighted by molar-refractivity contribution is 0.0740. The number of rotatable bonds is 3. The molecule has 2 aromatic heterocycles. The van der Waals surface area contributed by atoms with E-state index in [0.717, 1.165) is 24.6 Å². The van der Waals surface area contributed by atoms with Crippen LogP contribution in [-0.4, -0.2) is 57.0 Å². The summed E-state index contributed by atoms with van der Waals surface area (Å²) in [6.07, 6.45) is 3.48.